The Morgan fingerprint density at radius 3 is 2.41 bits per heavy atom. The first-order valence-electron chi connectivity index (χ1n) is 7.67. The van der Waals surface area contributed by atoms with Crippen molar-refractivity contribution in [3.63, 3.8) is 0 Å². The van der Waals surface area contributed by atoms with Gasteiger partial charge in [0.1, 0.15) is 6.04 Å². The average molecular weight is 239 g/mol. The highest BCUT2D eigenvalue weighted by atomic mass is 15.4. The van der Waals surface area contributed by atoms with E-state index in [4.69, 9.17) is 0 Å². The van der Waals surface area contributed by atoms with Crippen molar-refractivity contribution in [3.05, 3.63) is 0 Å². The average Bonchev–Trinajstić information content (AvgIpc) is 2.50. The summed E-state index contributed by atoms with van der Waals surface area (Å²) in [6.45, 7) is 15.1. The van der Waals surface area contributed by atoms with E-state index in [1.165, 1.54) is 56.3 Å². The van der Waals surface area contributed by atoms with E-state index in [1.807, 2.05) is 0 Å². The molecule has 0 N–H and O–H groups in total. The number of quaternary nitrogens is 1. The molecule has 0 aromatic heterocycles. The van der Waals surface area contributed by atoms with Gasteiger partial charge in [-0.25, -0.2) is 0 Å². The molecule has 2 atom stereocenters. The van der Waals surface area contributed by atoms with E-state index >= 15 is 0 Å². The smallest absolute Gasteiger partial charge is 0.102 e. The fourth-order valence-corrected chi connectivity index (χ4v) is 4.03. The zero-order valence-electron chi connectivity index (χ0n) is 12.3. The van der Waals surface area contributed by atoms with E-state index in [0.29, 0.717) is 0 Å². The second-order valence-electron chi connectivity index (χ2n) is 6.74. The van der Waals surface area contributed by atoms with E-state index in [9.17, 15) is 0 Å². The largest absolute Gasteiger partial charge is 0.317 e. The molecule has 0 spiro atoms. The van der Waals surface area contributed by atoms with Crippen LogP contribution in [0.15, 0.2) is 0 Å². The van der Waals surface area contributed by atoms with Crippen LogP contribution in [0.5, 0.6) is 0 Å². The van der Waals surface area contributed by atoms with Crippen LogP contribution in [0.4, 0.5) is 0 Å². The van der Waals surface area contributed by atoms with Crippen LogP contribution in [0, 0.1) is 0 Å². The van der Waals surface area contributed by atoms with Crippen LogP contribution in [-0.2, 0) is 0 Å². The molecule has 2 unspecified atom stereocenters. The van der Waals surface area contributed by atoms with Crippen LogP contribution in [0.3, 0.4) is 0 Å². The maximum atomic E-state index is 2.70. The van der Waals surface area contributed by atoms with Crippen molar-refractivity contribution in [2.75, 3.05) is 26.2 Å². The summed E-state index contributed by atoms with van der Waals surface area (Å²) in [5.41, 5.74) is 0. The summed E-state index contributed by atoms with van der Waals surface area (Å²) in [7, 11) is 0. The highest BCUT2D eigenvalue weighted by Crippen LogP contribution is 2.32. The minimum Gasteiger partial charge on any atom is -0.317 e. The maximum absolute atomic E-state index is 2.70. The molecule has 0 aromatic carbocycles. The molecule has 100 valence electrons. The van der Waals surface area contributed by atoms with Gasteiger partial charge in [0.2, 0.25) is 0 Å². The minimum atomic E-state index is 0.729. The number of nitrogens with zero attached hydrogens (tertiary/aromatic N) is 2. The van der Waals surface area contributed by atoms with Crippen molar-refractivity contribution in [2.24, 2.45) is 0 Å². The molecule has 2 saturated heterocycles. The molecule has 17 heavy (non-hydrogen) atoms. The quantitative estimate of drug-likeness (QED) is 0.670. The molecule has 0 bridgehead atoms. The lowest BCUT2D eigenvalue weighted by Gasteiger charge is -2.53. The summed E-state index contributed by atoms with van der Waals surface area (Å²) in [6.07, 6.45) is 5.84. The van der Waals surface area contributed by atoms with Crippen molar-refractivity contribution in [3.8, 4) is 0 Å². The van der Waals surface area contributed by atoms with Crippen molar-refractivity contribution in [2.45, 2.75) is 71.5 Å². The van der Waals surface area contributed by atoms with E-state index in [-0.39, 0.29) is 0 Å². The lowest BCUT2D eigenvalue weighted by Crippen LogP contribution is -2.68. The predicted octanol–water partition coefficient (Wildman–Crippen LogP) is 2.88. The van der Waals surface area contributed by atoms with Gasteiger partial charge in [0.05, 0.1) is 25.7 Å². The SMILES string of the molecule is CC(C)N1CC[N+]2(C(C)C)CCCCCC2C1. The van der Waals surface area contributed by atoms with Gasteiger partial charge in [0, 0.05) is 19.0 Å². The first-order chi connectivity index (χ1) is 8.06. The third kappa shape index (κ3) is 2.53. The van der Waals surface area contributed by atoms with E-state index in [2.05, 4.69) is 32.6 Å². The zero-order valence-corrected chi connectivity index (χ0v) is 12.3. The van der Waals surface area contributed by atoms with Crippen LogP contribution in [-0.4, -0.2) is 53.7 Å². The predicted molar refractivity (Wildman–Crippen MR) is 74.1 cm³/mol. The summed E-state index contributed by atoms with van der Waals surface area (Å²) in [5, 5.41) is 0. The monoisotopic (exact) mass is 239 g/mol. The fourth-order valence-electron chi connectivity index (χ4n) is 4.03. The van der Waals surface area contributed by atoms with Gasteiger partial charge in [-0.1, -0.05) is 0 Å². The van der Waals surface area contributed by atoms with Crippen LogP contribution < -0.4 is 0 Å². The Balaban J connectivity index is 2.15. The topological polar surface area (TPSA) is 3.24 Å². The van der Waals surface area contributed by atoms with Gasteiger partial charge in [-0.05, 0) is 47.0 Å². The Labute approximate surface area is 108 Å². The van der Waals surface area contributed by atoms with E-state index in [0.717, 1.165) is 18.1 Å². The first kappa shape index (κ1) is 13.4. The highest BCUT2D eigenvalue weighted by molar-refractivity contribution is 4.79. The maximum Gasteiger partial charge on any atom is 0.102 e. The summed E-state index contributed by atoms with van der Waals surface area (Å²) in [5.74, 6) is 0. The Kier molecular flexibility index (Phi) is 4.14. The molecule has 2 aliphatic rings. The Morgan fingerprint density at radius 1 is 1.00 bits per heavy atom. The molecular formula is C15H31N2+. The Bertz CT molecular complexity index is 249. The fraction of sp³-hybridized carbons (Fsp3) is 1.00. The molecule has 0 aliphatic carbocycles. The molecule has 2 fully saturated rings. The van der Waals surface area contributed by atoms with Crippen molar-refractivity contribution in [1.82, 2.24) is 4.90 Å². The summed E-state index contributed by atoms with van der Waals surface area (Å²) < 4.78 is 1.42. The number of hydrogen-bond acceptors (Lipinski definition) is 1. The van der Waals surface area contributed by atoms with Gasteiger partial charge >= 0.3 is 0 Å². The molecule has 2 heterocycles. The zero-order chi connectivity index (χ0) is 12.5. The van der Waals surface area contributed by atoms with Crippen LogP contribution in [0.25, 0.3) is 0 Å². The van der Waals surface area contributed by atoms with Gasteiger partial charge in [0.25, 0.3) is 0 Å². The number of piperazine rings is 1. The number of fused-ring (bicyclic) bond motifs is 1. The Morgan fingerprint density at radius 2 is 1.76 bits per heavy atom. The van der Waals surface area contributed by atoms with E-state index in [1.54, 1.807) is 0 Å². The summed E-state index contributed by atoms with van der Waals surface area (Å²) in [4.78, 5) is 2.70. The second kappa shape index (κ2) is 5.27. The van der Waals surface area contributed by atoms with Gasteiger partial charge in [-0.3, -0.25) is 4.90 Å². The van der Waals surface area contributed by atoms with Gasteiger partial charge < -0.3 is 4.48 Å². The molecule has 0 aromatic rings. The van der Waals surface area contributed by atoms with Gasteiger partial charge in [0.15, 0.2) is 0 Å². The molecule has 2 nitrogen and oxygen atoms in total. The van der Waals surface area contributed by atoms with Gasteiger partial charge in [-0.15, -0.1) is 0 Å². The van der Waals surface area contributed by atoms with Crippen molar-refractivity contribution >= 4 is 0 Å². The van der Waals surface area contributed by atoms with Crippen molar-refractivity contribution in [1.29, 1.82) is 0 Å². The molecule has 2 aliphatic heterocycles. The van der Waals surface area contributed by atoms with Crippen LogP contribution >= 0.6 is 0 Å². The van der Waals surface area contributed by atoms with Crippen molar-refractivity contribution < 1.29 is 4.48 Å². The molecule has 0 saturated carbocycles. The molecule has 2 heteroatoms. The molecule has 0 amide bonds. The normalized spacial score (nSPS) is 36.0. The standard InChI is InChI=1S/C15H31N2/c1-13(2)16-9-11-17(14(3)4)10-7-5-6-8-15(17)12-16/h13-15H,5-12H2,1-4H3/q+1. The summed E-state index contributed by atoms with van der Waals surface area (Å²) in [6, 6.07) is 2.45. The van der Waals surface area contributed by atoms with E-state index < -0.39 is 0 Å². The lowest BCUT2D eigenvalue weighted by molar-refractivity contribution is -0.973. The minimum absolute atomic E-state index is 0.729. The molecule has 0 radical (unpaired) electrons. The van der Waals surface area contributed by atoms with Crippen LogP contribution in [0.1, 0.15) is 53.4 Å². The lowest BCUT2D eigenvalue weighted by atomic mass is 10.00. The Hall–Kier alpha value is -0.0800. The van der Waals surface area contributed by atoms with Crippen LogP contribution in [0.2, 0.25) is 0 Å². The highest BCUT2D eigenvalue weighted by Gasteiger charge is 2.44. The molecule has 2 rings (SSSR count). The third-order valence-electron chi connectivity index (χ3n) is 5.35. The van der Waals surface area contributed by atoms with Gasteiger partial charge in [-0.2, -0.15) is 0 Å². The second-order valence-corrected chi connectivity index (χ2v) is 6.74. The number of hydrogen-bond donors (Lipinski definition) is 0. The molecular weight excluding hydrogens is 208 g/mol. The number of rotatable bonds is 2. The third-order valence-corrected chi connectivity index (χ3v) is 5.35. The first-order valence-corrected chi connectivity index (χ1v) is 7.67. The summed E-state index contributed by atoms with van der Waals surface area (Å²) >= 11 is 0.